The van der Waals surface area contributed by atoms with Crippen LogP contribution in [0.5, 0.6) is 0 Å². The number of aromatic amines is 1. The Kier molecular flexibility index (Phi) is 5.54. The van der Waals surface area contributed by atoms with Crippen LogP contribution in [0.2, 0.25) is 0 Å². The number of pyridine rings is 1. The Morgan fingerprint density at radius 2 is 1.73 bits per heavy atom. The molecule has 0 spiro atoms. The van der Waals surface area contributed by atoms with Gasteiger partial charge in [0.25, 0.3) is 0 Å². The van der Waals surface area contributed by atoms with Gasteiger partial charge < -0.3 is 0 Å². The predicted octanol–water partition coefficient (Wildman–Crippen LogP) is 1.95. The number of nitrogens with one attached hydrogen (secondary N) is 1. The number of aromatic nitrogens is 5. The normalized spacial score (nSPS) is 22.4. The standard InChI is InChI=1S/C28H27F2IN5O/c1-26(2)16-13-31-14-28(26,22-10-6-9-19(32-22)20-12-23(35-33-20)27(3,4)37)25-15(16)11-21(34-36-25)24-17(29)7-5-8-18(24)30/h5-12,16,37H,13-14H2,1-4H3,(H,33,35)/q-1/t16-,28-/m0/s1. The molecule has 37 heavy (non-hydrogen) atoms. The van der Waals surface area contributed by atoms with Gasteiger partial charge in [0.1, 0.15) is 0 Å². The quantitative estimate of drug-likeness (QED) is 0.271. The van der Waals surface area contributed by atoms with E-state index in [0.29, 0.717) is 17.1 Å². The van der Waals surface area contributed by atoms with E-state index in [9.17, 15) is 13.9 Å². The molecular formula is C28H27F2IN5O-. The number of hydrogen-bond donors (Lipinski definition) is 2. The minimum atomic E-state index is -1.04. The second-order valence-corrected chi connectivity index (χ2v) is 13.6. The van der Waals surface area contributed by atoms with Crippen molar-refractivity contribution < 1.29 is 35.1 Å². The van der Waals surface area contributed by atoms with Gasteiger partial charge in [0.15, 0.2) is 0 Å². The second-order valence-electron chi connectivity index (χ2n) is 10.9. The monoisotopic (exact) mass is 614 g/mol. The molecule has 3 aromatic heterocycles. The zero-order valence-corrected chi connectivity index (χ0v) is 23.1. The molecule has 6 nitrogen and oxygen atoms in total. The van der Waals surface area contributed by atoms with Crippen LogP contribution in [0.4, 0.5) is 8.78 Å². The van der Waals surface area contributed by atoms with E-state index in [1.54, 1.807) is 13.8 Å². The first-order valence-corrected chi connectivity index (χ1v) is 15.2. The average Bonchev–Trinajstić information content (AvgIpc) is 3.35. The van der Waals surface area contributed by atoms with Crippen molar-refractivity contribution in [3.63, 3.8) is 0 Å². The van der Waals surface area contributed by atoms with Crippen LogP contribution in [0.25, 0.3) is 22.6 Å². The first-order chi connectivity index (χ1) is 17.5. The topological polar surface area (TPSA) is 87.6 Å². The fourth-order valence-electron chi connectivity index (χ4n) is 5.78. The molecule has 0 saturated carbocycles. The van der Waals surface area contributed by atoms with E-state index in [0.717, 1.165) is 25.8 Å². The zero-order chi connectivity index (χ0) is 26.2. The molecule has 1 aromatic carbocycles. The van der Waals surface area contributed by atoms with Gasteiger partial charge in [0.2, 0.25) is 0 Å². The van der Waals surface area contributed by atoms with Crippen LogP contribution < -0.4 is 21.2 Å². The third-order valence-electron chi connectivity index (χ3n) is 8.04. The molecule has 1 fully saturated rings. The Hall–Kier alpha value is -2.79. The van der Waals surface area contributed by atoms with Crippen molar-refractivity contribution in [3.8, 4) is 22.6 Å². The molecule has 0 unspecified atom stereocenters. The summed E-state index contributed by atoms with van der Waals surface area (Å²) >= 11 is -0.152. The van der Waals surface area contributed by atoms with Gasteiger partial charge in [0.05, 0.1) is 0 Å². The minimum absolute atomic E-state index is 0.137. The number of fused-ring (bicyclic) bond motifs is 5. The summed E-state index contributed by atoms with van der Waals surface area (Å²) in [7, 11) is 0. The summed E-state index contributed by atoms with van der Waals surface area (Å²) in [5.41, 5.74) is 3.14. The SMILES string of the molecule is CC(C)(O)c1cc(-c2cccc([C@@]34C[I-]C[C@@H](c5cc(-c6c(F)cccc6F)nnc53)C4(C)C)n2)n[nH]1. The molecule has 1 aliphatic carbocycles. The van der Waals surface area contributed by atoms with E-state index in [-0.39, 0.29) is 43.8 Å². The first kappa shape index (κ1) is 24.5. The van der Waals surface area contributed by atoms with E-state index in [1.165, 1.54) is 18.2 Å². The van der Waals surface area contributed by atoms with Gasteiger partial charge in [-0.15, -0.1) is 0 Å². The molecule has 0 amide bonds. The molecule has 0 radical (unpaired) electrons. The van der Waals surface area contributed by atoms with Crippen LogP contribution in [0, 0.1) is 17.0 Å². The van der Waals surface area contributed by atoms with Crippen LogP contribution in [0.3, 0.4) is 0 Å². The van der Waals surface area contributed by atoms with E-state index >= 15 is 0 Å². The van der Waals surface area contributed by atoms with Crippen LogP contribution in [0.1, 0.15) is 56.3 Å². The second kappa shape index (κ2) is 8.36. The maximum atomic E-state index is 14.6. The number of benzene rings is 1. The average molecular weight is 614 g/mol. The van der Waals surface area contributed by atoms with Crippen molar-refractivity contribution in [2.45, 2.75) is 44.6 Å². The number of alkyl halides is 2. The van der Waals surface area contributed by atoms with E-state index in [1.807, 2.05) is 30.3 Å². The summed E-state index contributed by atoms with van der Waals surface area (Å²) in [4.78, 5) is 5.10. The summed E-state index contributed by atoms with van der Waals surface area (Å²) < 4.78 is 31.2. The van der Waals surface area contributed by atoms with E-state index < -0.39 is 22.7 Å². The van der Waals surface area contributed by atoms with Gasteiger partial charge in [0, 0.05) is 0 Å². The summed E-state index contributed by atoms with van der Waals surface area (Å²) in [6.07, 6.45) is 0. The number of hydrogen-bond acceptors (Lipinski definition) is 5. The number of aliphatic hydroxyl groups is 1. The van der Waals surface area contributed by atoms with E-state index in [2.05, 4.69) is 34.2 Å². The van der Waals surface area contributed by atoms with Crippen molar-refractivity contribution >= 4 is 0 Å². The van der Waals surface area contributed by atoms with Crippen molar-refractivity contribution in [2.75, 3.05) is 8.86 Å². The fraction of sp³-hybridized carbons (Fsp3) is 0.357. The molecule has 192 valence electrons. The van der Waals surface area contributed by atoms with Crippen molar-refractivity contribution in [1.82, 2.24) is 25.4 Å². The van der Waals surface area contributed by atoms with Gasteiger partial charge in [-0.2, -0.15) is 0 Å². The number of H-pyrrole nitrogens is 1. The van der Waals surface area contributed by atoms with Crippen LogP contribution in [-0.4, -0.2) is 39.3 Å². The first-order valence-electron chi connectivity index (χ1n) is 12.2. The molecule has 9 heteroatoms. The van der Waals surface area contributed by atoms with Gasteiger partial charge in [-0.25, -0.2) is 0 Å². The van der Waals surface area contributed by atoms with Crippen molar-refractivity contribution in [3.05, 3.63) is 82.8 Å². The van der Waals surface area contributed by atoms with Crippen LogP contribution in [-0.2, 0) is 11.0 Å². The van der Waals surface area contributed by atoms with Gasteiger partial charge >= 0.3 is 225 Å². The molecule has 6 rings (SSSR count). The molecule has 2 bridgehead atoms. The fourth-order valence-corrected chi connectivity index (χ4v) is 10.8. The number of nitrogens with zero attached hydrogens (tertiary/aromatic N) is 4. The molecule has 1 aliphatic heterocycles. The summed E-state index contributed by atoms with van der Waals surface area (Å²) in [5.74, 6) is -1.09. The Balaban J connectivity index is 1.50. The maximum absolute atomic E-state index is 14.6. The number of rotatable bonds is 4. The van der Waals surface area contributed by atoms with Crippen LogP contribution in [0.15, 0.2) is 48.5 Å². The van der Waals surface area contributed by atoms with Gasteiger partial charge in [-0.05, 0) is 0 Å². The van der Waals surface area contributed by atoms with Crippen molar-refractivity contribution in [2.24, 2.45) is 5.41 Å². The third kappa shape index (κ3) is 3.57. The molecular weight excluding hydrogens is 587 g/mol. The zero-order valence-electron chi connectivity index (χ0n) is 21.0. The summed E-state index contributed by atoms with van der Waals surface area (Å²) in [6, 6.07) is 13.5. The van der Waals surface area contributed by atoms with Gasteiger partial charge in [-0.1, -0.05) is 0 Å². The predicted molar refractivity (Wildman–Crippen MR) is 131 cm³/mol. The summed E-state index contributed by atoms with van der Waals surface area (Å²) in [6.45, 7) is 7.91. The Bertz CT molecular complexity index is 1510. The molecule has 2 atom stereocenters. The molecule has 1 saturated heterocycles. The van der Waals surface area contributed by atoms with E-state index in [4.69, 9.17) is 4.98 Å². The summed E-state index contributed by atoms with van der Waals surface area (Å²) in [5, 5.41) is 26.7. The Morgan fingerprint density at radius 3 is 2.43 bits per heavy atom. The third-order valence-corrected chi connectivity index (χ3v) is 11.2. The Morgan fingerprint density at radius 1 is 1.00 bits per heavy atom. The molecule has 4 heterocycles. The molecule has 2 N–H and O–H groups in total. The Labute approximate surface area is 224 Å². The molecule has 4 aromatic rings. The van der Waals surface area contributed by atoms with Gasteiger partial charge in [-0.3, -0.25) is 0 Å². The van der Waals surface area contributed by atoms with Crippen LogP contribution >= 0.6 is 0 Å². The van der Waals surface area contributed by atoms with Crippen molar-refractivity contribution in [1.29, 1.82) is 0 Å². The molecule has 2 aliphatic rings. The number of halogens is 3.